The molecule has 0 saturated heterocycles. The van der Waals surface area contributed by atoms with Gasteiger partial charge < -0.3 is 4.74 Å². The van der Waals surface area contributed by atoms with Crippen molar-refractivity contribution in [2.24, 2.45) is 5.92 Å². The van der Waals surface area contributed by atoms with Gasteiger partial charge in [-0.25, -0.2) is 9.67 Å². The summed E-state index contributed by atoms with van der Waals surface area (Å²) in [7, 11) is 0. The summed E-state index contributed by atoms with van der Waals surface area (Å²) in [6.45, 7) is 7.51. The quantitative estimate of drug-likeness (QED) is 0.759. The highest BCUT2D eigenvalue weighted by Gasteiger charge is 2.09. The molecule has 0 fully saturated rings. The minimum atomic E-state index is 0.400. The van der Waals surface area contributed by atoms with Crippen LogP contribution in [0.2, 0.25) is 0 Å². The number of nitrogens with zero attached hydrogens (tertiary/aromatic N) is 4. The van der Waals surface area contributed by atoms with Gasteiger partial charge in [0.15, 0.2) is 5.82 Å². The van der Waals surface area contributed by atoms with E-state index >= 15 is 0 Å². The Kier molecular flexibility index (Phi) is 5.11. The predicted octanol–water partition coefficient (Wildman–Crippen LogP) is 3.11. The molecule has 0 bridgehead atoms. The molecule has 2 aromatic heterocycles. The molecule has 0 aliphatic rings. The highest BCUT2D eigenvalue weighted by atomic mass is 79.9. The van der Waals surface area contributed by atoms with E-state index < -0.39 is 0 Å². The van der Waals surface area contributed by atoms with E-state index in [1.54, 1.807) is 6.33 Å². The van der Waals surface area contributed by atoms with Crippen LogP contribution in [0.5, 0.6) is 5.75 Å². The van der Waals surface area contributed by atoms with Crippen LogP contribution in [0.4, 0.5) is 0 Å². The Morgan fingerprint density at radius 2 is 2.15 bits per heavy atom. The molecule has 20 heavy (non-hydrogen) atoms. The van der Waals surface area contributed by atoms with Gasteiger partial charge in [-0.05, 0) is 25.0 Å². The third-order valence-corrected chi connectivity index (χ3v) is 3.32. The van der Waals surface area contributed by atoms with Gasteiger partial charge in [-0.15, -0.1) is 0 Å². The van der Waals surface area contributed by atoms with Crippen molar-refractivity contribution in [3.8, 4) is 5.75 Å². The second-order valence-corrected chi connectivity index (χ2v) is 5.63. The first kappa shape index (κ1) is 15.0. The van der Waals surface area contributed by atoms with Gasteiger partial charge in [0, 0.05) is 17.6 Å². The number of rotatable bonds is 6. The van der Waals surface area contributed by atoms with Crippen molar-refractivity contribution in [2.75, 3.05) is 0 Å². The zero-order chi connectivity index (χ0) is 14.5. The molecule has 0 radical (unpaired) electrons. The lowest BCUT2D eigenvalue weighted by molar-refractivity contribution is 0.279. The normalized spacial score (nSPS) is 11.1. The largest absolute Gasteiger partial charge is 0.484 e. The van der Waals surface area contributed by atoms with Crippen molar-refractivity contribution in [3.63, 3.8) is 0 Å². The summed E-state index contributed by atoms with van der Waals surface area (Å²) in [4.78, 5) is 8.70. The maximum Gasteiger partial charge on any atom is 0.164 e. The fourth-order valence-corrected chi connectivity index (χ4v) is 2.27. The molecule has 2 aromatic rings. The molecule has 0 atom stereocenters. The number of ether oxygens (including phenoxy) is 1. The second-order valence-electron chi connectivity index (χ2n) is 5.07. The van der Waals surface area contributed by atoms with Gasteiger partial charge in [0.05, 0.1) is 5.69 Å². The number of pyridine rings is 1. The Balaban J connectivity index is 2.07. The molecule has 2 rings (SSSR count). The summed E-state index contributed by atoms with van der Waals surface area (Å²) in [6, 6.07) is 3.89. The van der Waals surface area contributed by atoms with E-state index in [-0.39, 0.29) is 0 Å². The molecule has 0 saturated carbocycles. The average Bonchev–Trinajstić information content (AvgIpc) is 2.83. The molecular formula is C14H19BrN4O. The summed E-state index contributed by atoms with van der Waals surface area (Å²) < 4.78 is 7.72. The molecule has 0 N–H and O–H groups in total. The molecule has 0 spiro atoms. The minimum Gasteiger partial charge on any atom is -0.484 e. The van der Waals surface area contributed by atoms with Crippen LogP contribution in [-0.4, -0.2) is 19.7 Å². The summed E-state index contributed by atoms with van der Waals surface area (Å²) >= 11 is 3.43. The Morgan fingerprint density at radius 3 is 2.85 bits per heavy atom. The minimum absolute atomic E-state index is 0.400. The summed E-state index contributed by atoms with van der Waals surface area (Å²) in [5.41, 5.74) is 1.88. The van der Waals surface area contributed by atoms with E-state index in [0.29, 0.717) is 17.9 Å². The summed E-state index contributed by atoms with van der Waals surface area (Å²) in [5, 5.41) is 4.90. The maximum atomic E-state index is 5.83. The zero-order valence-electron chi connectivity index (χ0n) is 12.0. The van der Waals surface area contributed by atoms with E-state index in [1.807, 2.05) is 23.7 Å². The van der Waals surface area contributed by atoms with Gasteiger partial charge in [0.25, 0.3) is 0 Å². The number of hydrogen-bond donors (Lipinski definition) is 0. The summed E-state index contributed by atoms with van der Waals surface area (Å²) in [5.74, 6) is 2.14. The van der Waals surface area contributed by atoms with Gasteiger partial charge in [-0.3, -0.25) is 4.98 Å². The topological polar surface area (TPSA) is 52.8 Å². The lowest BCUT2D eigenvalue weighted by atomic mass is 10.2. The highest BCUT2D eigenvalue weighted by molar-refractivity contribution is 9.08. The SMILES string of the molecule is Cc1ccc(OCc2ncnn2CC(C)C)c(CBr)n1. The van der Waals surface area contributed by atoms with E-state index in [9.17, 15) is 0 Å². The molecule has 0 aromatic carbocycles. The van der Waals surface area contributed by atoms with Crippen molar-refractivity contribution in [1.82, 2.24) is 19.7 Å². The van der Waals surface area contributed by atoms with Gasteiger partial charge in [-0.1, -0.05) is 29.8 Å². The van der Waals surface area contributed by atoms with Crippen molar-refractivity contribution in [1.29, 1.82) is 0 Å². The average molecular weight is 339 g/mol. The van der Waals surface area contributed by atoms with Crippen LogP contribution in [0.1, 0.15) is 31.1 Å². The molecule has 0 aliphatic heterocycles. The molecule has 108 valence electrons. The van der Waals surface area contributed by atoms with Crippen LogP contribution < -0.4 is 4.74 Å². The molecule has 6 heteroatoms. The first-order valence-corrected chi connectivity index (χ1v) is 7.74. The Hall–Kier alpha value is -1.43. The van der Waals surface area contributed by atoms with E-state index in [4.69, 9.17) is 4.74 Å². The first-order valence-electron chi connectivity index (χ1n) is 6.62. The van der Waals surface area contributed by atoms with E-state index in [1.165, 1.54) is 0 Å². The van der Waals surface area contributed by atoms with Gasteiger partial charge in [-0.2, -0.15) is 5.10 Å². The fourth-order valence-electron chi connectivity index (χ4n) is 1.87. The maximum absolute atomic E-state index is 5.83. The predicted molar refractivity (Wildman–Crippen MR) is 80.8 cm³/mol. The van der Waals surface area contributed by atoms with Crippen molar-refractivity contribution in [2.45, 2.75) is 39.3 Å². The fraction of sp³-hybridized carbons (Fsp3) is 0.500. The van der Waals surface area contributed by atoms with Crippen LogP contribution in [-0.2, 0) is 18.5 Å². The van der Waals surface area contributed by atoms with Crippen molar-refractivity contribution in [3.05, 3.63) is 35.7 Å². The molecular weight excluding hydrogens is 320 g/mol. The Bertz CT molecular complexity index is 568. The third-order valence-electron chi connectivity index (χ3n) is 2.79. The van der Waals surface area contributed by atoms with E-state index in [2.05, 4.69) is 44.8 Å². The molecule has 0 unspecified atom stereocenters. The molecule has 0 aliphatic carbocycles. The van der Waals surface area contributed by atoms with Crippen LogP contribution in [0.3, 0.4) is 0 Å². The monoisotopic (exact) mass is 338 g/mol. The first-order chi connectivity index (χ1) is 9.60. The van der Waals surface area contributed by atoms with Crippen LogP contribution in [0.25, 0.3) is 0 Å². The lowest BCUT2D eigenvalue weighted by Crippen LogP contribution is -2.12. The zero-order valence-corrected chi connectivity index (χ0v) is 13.6. The van der Waals surface area contributed by atoms with Crippen LogP contribution in [0, 0.1) is 12.8 Å². The molecule has 0 amide bonds. The van der Waals surface area contributed by atoms with Gasteiger partial charge in [0.1, 0.15) is 18.7 Å². The van der Waals surface area contributed by atoms with Crippen LogP contribution in [0.15, 0.2) is 18.5 Å². The summed E-state index contributed by atoms with van der Waals surface area (Å²) in [6.07, 6.45) is 1.57. The number of aromatic nitrogens is 4. The third kappa shape index (κ3) is 3.79. The Morgan fingerprint density at radius 1 is 1.35 bits per heavy atom. The van der Waals surface area contributed by atoms with Crippen molar-refractivity contribution < 1.29 is 4.74 Å². The standard InChI is InChI=1S/C14H19BrN4O/c1-10(2)7-19-14(16-9-17-19)8-20-13-5-4-11(3)18-12(13)6-15/h4-5,9-10H,6-8H2,1-3H3. The van der Waals surface area contributed by atoms with Gasteiger partial charge >= 0.3 is 0 Å². The molecule has 5 nitrogen and oxygen atoms in total. The van der Waals surface area contributed by atoms with Crippen LogP contribution >= 0.6 is 15.9 Å². The number of hydrogen-bond acceptors (Lipinski definition) is 4. The number of alkyl halides is 1. The van der Waals surface area contributed by atoms with Crippen molar-refractivity contribution >= 4 is 15.9 Å². The lowest BCUT2D eigenvalue weighted by Gasteiger charge is -2.11. The van der Waals surface area contributed by atoms with Gasteiger partial charge in [0.2, 0.25) is 0 Å². The number of aryl methyl sites for hydroxylation is 1. The van der Waals surface area contributed by atoms with E-state index in [0.717, 1.165) is 29.5 Å². The highest BCUT2D eigenvalue weighted by Crippen LogP contribution is 2.20. The Labute approximate surface area is 127 Å². The smallest absolute Gasteiger partial charge is 0.164 e. The number of halogens is 1. The molecule has 2 heterocycles. The second kappa shape index (κ2) is 6.83.